The van der Waals surface area contributed by atoms with Gasteiger partial charge >= 0.3 is 5.97 Å². The van der Waals surface area contributed by atoms with E-state index in [1.807, 2.05) is 0 Å². The summed E-state index contributed by atoms with van der Waals surface area (Å²) in [4.78, 5) is 10.8. The molecule has 4 nitrogen and oxygen atoms in total. The van der Waals surface area contributed by atoms with E-state index < -0.39 is 0 Å². The van der Waals surface area contributed by atoms with Crippen molar-refractivity contribution in [2.75, 3.05) is 33.5 Å². The molecule has 0 saturated carbocycles. The zero-order valence-corrected chi connectivity index (χ0v) is 13.3. The number of ether oxygens (including phenoxy) is 3. The molecule has 0 aromatic carbocycles. The summed E-state index contributed by atoms with van der Waals surface area (Å²) >= 11 is 0. The van der Waals surface area contributed by atoms with Gasteiger partial charge < -0.3 is 14.2 Å². The minimum atomic E-state index is -0.232. The Labute approximate surface area is 124 Å². The molecule has 0 bridgehead atoms. The van der Waals surface area contributed by atoms with Crippen LogP contribution in [0.4, 0.5) is 0 Å². The molecular formula is C16H32O4. The van der Waals surface area contributed by atoms with Crippen LogP contribution in [0.15, 0.2) is 0 Å². The quantitative estimate of drug-likeness (QED) is 0.340. The van der Waals surface area contributed by atoms with E-state index in [2.05, 4.69) is 11.7 Å². The van der Waals surface area contributed by atoms with Gasteiger partial charge in [0.2, 0.25) is 0 Å². The van der Waals surface area contributed by atoms with Gasteiger partial charge in [0, 0.05) is 6.61 Å². The van der Waals surface area contributed by atoms with E-state index in [1.165, 1.54) is 52.1 Å². The zero-order chi connectivity index (χ0) is 14.9. The Morgan fingerprint density at radius 1 is 0.750 bits per heavy atom. The van der Waals surface area contributed by atoms with Crippen molar-refractivity contribution in [3.8, 4) is 0 Å². The van der Waals surface area contributed by atoms with E-state index in [4.69, 9.17) is 9.47 Å². The Hall–Kier alpha value is -0.610. The Morgan fingerprint density at radius 3 is 1.90 bits per heavy atom. The third kappa shape index (κ3) is 15.4. The molecule has 0 N–H and O–H groups in total. The van der Waals surface area contributed by atoms with Crippen molar-refractivity contribution in [1.29, 1.82) is 0 Å². The van der Waals surface area contributed by atoms with Crippen LogP contribution in [0.1, 0.15) is 64.7 Å². The molecule has 0 atom stereocenters. The van der Waals surface area contributed by atoms with Gasteiger partial charge in [0.15, 0.2) is 0 Å². The summed E-state index contributed by atoms with van der Waals surface area (Å²) in [5, 5.41) is 0. The lowest BCUT2D eigenvalue weighted by molar-refractivity contribution is -0.141. The molecule has 0 aliphatic heterocycles. The van der Waals surface area contributed by atoms with Gasteiger partial charge in [-0.2, -0.15) is 0 Å². The van der Waals surface area contributed by atoms with Crippen molar-refractivity contribution in [2.45, 2.75) is 64.7 Å². The Morgan fingerprint density at radius 2 is 1.30 bits per heavy atom. The first-order valence-electron chi connectivity index (χ1n) is 8.03. The van der Waals surface area contributed by atoms with Gasteiger partial charge in [-0.3, -0.25) is 4.79 Å². The fourth-order valence-electron chi connectivity index (χ4n) is 1.92. The van der Waals surface area contributed by atoms with Crippen molar-refractivity contribution in [3.63, 3.8) is 0 Å². The summed E-state index contributed by atoms with van der Waals surface area (Å²) in [5.41, 5.74) is 0. The fraction of sp³-hybridized carbons (Fsp3) is 0.938. The normalized spacial score (nSPS) is 10.7. The van der Waals surface area contributed by atoms with Gasteiger partial charge in [-0.1, -0.05) is 51.9 Å². The van der Waals surface area contributed by atoms with Crippen LogP contribution in [0, 0.1) is 0 Å². The minimum absolute atomic E-state index is 0.232. The number of rotatable bonds is 15. The molecule has 0 amide bonds. The molecule has 0 unspecified atom stereocenters. The molecule has 0 aliphatic carbocycles. The topological polar surface area (TPSA) is 44.8 Å². The van der Waals surface area contributed by atoms with E-state index in [0.717, 1.165) is 13.0 Å². The first kappa shape index (κ1) is 19.4. The number of hydrogen-bond acceptors (Lipinski definition) is 4. The van der Waals surface area contributed by atoms with Crippen LogP contribution in [-0.4, -0.2) is 39.5 Å². The standard InChI is InChI=1S/C16H32O4/c1-3-4-5-6-7-8-9-10-12-19-14-15-20-13-11-16(17)18-2/h3-15H2,1-2H3. The zero-order valence-electron chi connectivity index (χ0n) is 13.3. The van der Waals surface area contributed by atoms with Crippen LogP contribution >= 0.6 is 0 Å². The first-order chi connectivity index (χ1) is 9.81. The van der Waals surface area contributed by atoms with Crippen molar-refractivity contribution in [1.82, 2.24) is 0 Å². The molecule has 0 rings (SSSR count). The lowest BCUT2D eigenvalue weighted by atomic mass is 10.1. The maximum atomic E-state index is 10.8. The van der Waals surface area contributed by atoms with E-state index >= 15 is 0 Å². The molecule has 0 heterocycles. The number of hydrogen-bond donors (Lipinski definition) is 0. The van der Waals surface area contributed by atoms with Gasteiger partial charge in [-0.05, 0) is 6.42 Å². The van der Waals surface area contributed by atoms with Crippen molar-refractivity contribution in [3.05, 3.63) is 0 Å². The average Bonchev–Trinajstić information content (AvgIpc) is 2.47. The molecule has 0 fully saturated rings. The van der Waals surface area contributed by atoms with Crippen molar-refractivity contribution >= 4 is 5.97 Å². The molecule has 0 aromatic heterocycles. The lowest BCUT2D eigenvalue weighted by Crippen LogP contribution is -2.09. The molecule has 20 heavy (non-hydrogen) atoms. The summed E-state index contributed by atoms with van der Waals surface area (Å²) in [6.07, 6.45) is 10.8. The Bertz CT molecular complexity index is 207. The molecule has 0 aromatic rings. The highest BCUT2D eigenvalue weighted by molar-refractivity contribution is 5.69. The fourth-order valence-corrected chi connectivity index (χ4v) is 1.92. The van der Waals surface area contributed by atoms with Crippen LogP contribution < -0.4 is 0 Å². The highest BCUT2D eigenvalue weighted by atomic mass is 16.5. The van der Waals surface area contributed by atoms with Crippen LogP contribution in [0.25, 0.3) is 0 Å². The van der Waals surface area contributed by atoms with Crippen molar-refractivity contribution in [2.24, 2.45) is 0 Å². The number of unbranched alkanes of at least 4 members (excludes halogenated alkanes) is 7. The monoisotopic (exact) mass is 288 g/mol. The molecule has 0 radical (unpaired) electrons. The van der Waals surface area contributed by atoms with E-state index in [1.54, 1.807) is 0 Å². The first-order valence-corrected chi connectivity index (χ1v) is 8.03. The third-order valence-corrected chi connectivity index (χ3v) is 3.19. The molecule has 120 valence electrons. The molecular weight excluding hydrogens is 256 g/mol. The summed E-state index contributed by atoms with van der Waals surface area (Å²) in [7, 11) is 1.38. The minimum Gasteiger partial charge on any atom is -0.469 e. The van der Waals surface area contributed by atoms with Crippen LogP contribution in [0.5, 0.6) is 0 Å². The van der Waals surface area contributed by atoms with E-state index in [-0.39, 0.29) is 5.97 Å². The van der Waals surface area contributed by atoms with Crippen LogP contribution in [0.2, 0.25) is 0 Å². The second-order valence-electron chi connectivity index (χ2n) is 5.03. The number of esters is 1. The summed E-state index contributed by atoms with van der Waals surface area (Å²) in [5.74, 6) is -0.232. The molecule has 0 saturated heterocycles. The number of carbonyl (C=O) groups is 1. The summed E-state index contributed by atoms with van der Waals surface area (Å²) in [6.45, 7) is 4.63. The average molecular weight is 288 g/mol. The predicted molar refractivity (Wildman–Crippen MR) is 80.9 cm³/mol. The lowest BCUT2D eigenvalue weighted by Gasteiger charge is -2.05. The van der Waals surface area contributed by atoms with Crippen LogP contribution in [-0.2, 0) is 19.0 Å². The van der Waals surface area contributed by atoms with Crippen LogP contribution in [0.3, 0.4) is 0 Å². The maximum absolute atomic E-state index is 10.8. The van der Waals surface area contributed by atoms with Crippen molar-refractivity contribution < 1.29 is 19.0 Å². The number of carbonyl (C=O) groups excluding carboxylic acids is 1. The Kier molecular flexibility index (Phi) is 15.9. The number of methoxy groups -OCH3 is 1. The largest absolute Gasteiger partial charge is 0.469 e. The maximum Gasteiger partial charge on any atom is 0.307 e. The SMILES string of the molecule is CCCCCCCCCCOCCOCCC(=O)OC. The molecule has 0 spiro atoms. The second kappa shape index (κ2) is 16.4. The summed E-state index contributed by atoms with van der Waals surface area (Å²) < 4.78 is 15.2. The highest BCUT2D eigenvalue weighted by Crippen LogP contribution is 2.08. The smallest absolute Gasteiger partial charge is 0.307 e. The predicted octanol–water partition coefficient (Wildman–Crippen LogP) is 3.72. The van der Waals surface area contributed by atoms with E-state index in [9.17, 15) is 4.79 Å². The third-order valence-electron chi connectivity index (χ3n) is 3.19. The van der Waals surface area contributed by atoms with Gasteiger partial charge in [0.25, 0.3) is 0 Å². The second-order valence-corrected chi connectivity index (χ2v) is 5.03. The highest BCUT2D eigenvalue weighted by Gasteiger charge is 1.99. The Balaban J connectivity index is 2.97. The van der Waals surface area contributed by atoms with Gasteiger partial charge in [-0.25, -0.2) is 0 Å². The van der Waals surface area contributed by atoms with E-state index in [0.29, 0.717) is 26.2 Å². The van der Waals surface area contributed by atoms with Gasteiger partial charge in [0.1, 0.15) is 0 Å². The molecule has 0 aliphatic rings. The van der Waals surface area contributed by atoms with Gasteiger partial charge in [0.05, 0.1) is 33.4 Å². The summed E-state index contributed by atoms with van der Waals surface area (Å²) in [6, 6.07) is 0. The van der Waals surface area contributed by atoms with Gasteiger partial charge in [-0.15, -0.1) is 0 Å². The molecule has 4 heteroatoms.